The Morgan fingerprint density at radius 2 is 2.36 bits per heavy atom. The van der Waals surface area contributed by atoms with Crippen LogP contribution in [0.5, 0.6) is 0 Å². The molecule has 1 rings (SSSR count). The highest BCUT2D eigenvalue weighted by Gasteiger charge is 2.19. The molecule has 0 aromatic rings. The number of rotatable bonds is 6. The fourth-order valence-electron chi connectivity index (χ4n) is 1.83. The number of ether oxygens (including phenoxy) is 1. The quantitative estimate of drug-likeness (QED) is 0.702. The van der Waals surface area contributed by atoms with Gasteiger partial charge in [-0.25, -0.2) is 0 Å². The van der Waals surface area contributed by atoms with Crippen molar-refractivity contribution in [3.05, 3.63) is 0 Å². The van der Waals surface area contributed by atoms with Crippen LogP contribution in [0.3, 0.4) is 0 Å². The van der Waals surface area contributed by atoms with E-state index in [1.807, 2.05) is 6.92 Å². The van der Waals surface area contributed by atoms with Crippen molar-refractivity contribution in [1.82, 2.24) is 4.90 Å². The smallest absolute Gasteiger partial charge is 0.0622 e. The van der Waals surface area contributed by atoms with Crippen LogP contribution in [-0.2, 0) is 4.74 Å². The van der Waals surface area contributed by atoms with Gasteiger partial charge in [-0.1, -0.05) is 6.92 Å². The summed E-state index contributed by atoms with van der Waals surface area (Å²) in [5, 5.41) is 9.39. The van der Waals surface area contributed by atoms with Gasteiger partial charge in [0.2, 0.25) is 0 Å². The van der Waals surface area contributed by atoms with Gasteiger partial charge >= 0.3 is 0 Å². The molecule has 0 saturated carbocycles. The molecule has 0 amide bonds. The van der Waals surface area contributed by atoms with E-state index in [9.17, 15) is 5.11 Å². The van der Waals surface area contributed by atoms with Crippen molar-refractivity contribution < 1.29 is 9.84 Å². The molecule has 1 heterocycles. The van der Waals surface area contributed by atoms with E-state index in [-0.39, 0.29) is 6.10 Å². The Kier molecular flexibility index (Phi) is 5.45. The largest absolute Gasteiger partial charge is 0.393 e. The third kappa shape index (κ3) is 3.95. The van der Waals surface area contributed by atoms with E-state index in [0.29, 0.717) is 6.04 Å². The fourth-order valence-corrected chi connectivity index (χ4v) is 1.83. The first kappa shape index (κ1) is 12.0. The second-order valence-corrected chi connectivity index (χ2v) is 4.20. The highest BCUT2D eigenvalue weighted by molar-refractivity contribution is 4.72. The van der Waals surface area contributed by atoms with Gasteiger partial charge in [0.05, 0.1) is 12.7 Å². The van der Waals surface area contributed by atoms with Crippen LogP contribution >= 0.6 is 0 Å². The molecule has 0 aromatic carbocycles. The van der Waals surface area contributed by atoms with Crippen molar-refractivity contribution >= 4 is 0 Å². The molecular formula is C11H23NO2. The van der Waals surface area contributed by atoms with Crippen LogP contribution in [0, 0.1) is 0 Å². The minimum absolute atomic E-state index is 0.108. The van der Waals surface area contributed by atoms with Crippen molar-refractivity contribution in [2.24, 2.45) is 0 Å². The molecule has 2 atom stereocenters. The fraction of sp³-hybridized carbons (Fsp3) is 1.00. The third-order valence-electron chi connectivity index (χ3n) is 3.05. The zero-order chi connectivity index (χ0) is 10.4. The molecule has 2 unspecified atom stereocenters. The van der Waals surface area contributed by atoms with Crippen molar-refractivity contribution in [3.8, 4) is 0 Å². The topological polar surface area (TPSA) is 32.7 Å². The molecule has 1 aliphatic rings. The van der Waals surface area contributed by atoms with Crippen LogP contribution in [0.25, 0.3) is 0 Å². The van der Waals surface area contributed by atoms with E-state index in [1.165, 1.54) is 0 Å². The summed E-state index contributed by atoms with van der Waals surface area (Å²) in [5.74, 6) is 0. The van der Waals surface area contributed by atoms with Crippen LogP contribution in [0.1, 0.15) is 32.6 Å². The lowest BCUT2D eigenvalue weighted by Crippen LogP contribution is -2.33. The SMILES string of the molecule is CCC(O)CCCN(C)C1CCOC1. The van der Waals surface area contributed by atoms with Crippen LogP contribution in [0.4, 0.5) is 0 Å². The Labute approximate surface area is 87.1 Å². The second-order valence-electron chi connectivity index (χ2n) is 4.20. The molecule has 0 bridgehead atoms. The Balaban J connectivity index is 2.05. The number of hydrogen-bond acceptors (Lipinski definition) is 3. The summed E-state index contributed by atoms with van der Waals surface area (Å²) in [5.41, 5.74) is 0. The molecule has 1 aliphatic heterocycles. The van der Waals surface area contributed by atoms with E-state index >= 15 is 0 Å². The molecule has 0 radical (unpaired) electrons. The number of aliphatic hydroxyl groups is 1. The molecular weight excluding hydrogens is 178 g/mol. The van der Waals surface area contributed by atoms with Gasteiger partial charge in [-0.2, -0.15) is 0 Å². The standard InChI is InChI=1S/C11H23NO2/c1-3-11(13)5-4-7-12(2)10-6-8-14-9-10/h10-11,13H,3-9H2,1-2H3. The van der Waals surface area contributed by atoms with Crippen LogP contribution in [0.15, 0.2) is 0 Å². The molecule has 14 heavy (non-hydrogen) atoms. The van der Waals surface area contributed by atoms with E-state index in [4.69, 9.17) is 4.74 Å². The van der Waals surface area contributed by atoms with Gasteiger partial charge in [0, 0.05) is 12.6 Å². The van der Waals surface area contributed by atoms with Crippen molar-refractivity contribution in [2.45, 2.75) is 44.8 Å². The van der Waals surface area contributed by atoms with Gasteiger partial charge in [-0.05, 0) is 39.3 Å². The monoisotopic (exact) mass is 201 g/mol. The number of hydrogen-bond donors (Lipinski definition) is 1. The van der Waals surface area contributed by atoms with Gasteiger partial charge in [0.15, 0.2) is 0 Å². The zero-order valence-electron chi connectivity index (χ0n) is 9.41. The molecule has 0 aliphatic carbocycles. The maximum Gasteiger partial charge on any atom is 0.0622 e. The minimum Gasteiger partial charge on any atom is -0.393 e. The summed E-state index contributed by atoms with van der Waals surface area (Å²) in [4.78, 5) is 2.36. The zero-order valence-corrected chi connectivity index (χ0v) is 9.41. The van der Waals surface area contributed by atoms with Crippen molar-refractivity contribution in [2.75, 3.05) is 26.8 Å². The van der Waals surface area contributed by atoms with Gasteiger partial charge in [-0.3, -0.25) is 0 Å². The summed E-state index contributed by atoms with van der Waals surface area (Å²) < 4.78 is 5.34. The number of nitrogens with zero attached hydrogens (tertiary/aromatic N) is 1. The Bertz CT molecular complexity index is 146. The minimum atomic E-state index is -0.108. The maximum atomic E-state index is 9.39. The van der Waals surface area contributed by atoms with Gasteiger partial charge in [-0.15, -0.1) is 0 Å². The molecule has 0 spiro atoms. The second kappa shape index (κ2) is 6.38. The number of likely N-dealkylation sites (N-methyl/N-ethyl adjacent to an activating group) is 1. The van der Waals surface area contributed by atoms with Gasteiger partial charge in [0.1, 0.15) is 0 Å². The normalized spacial score (nSPS) is 24.4. The summed E-state index contributed by atoms with van der Waals surface area (Å²) >= 11 is 0. The Morgan fingerprint density at radius 3 is 2.93 bits per heavy atom. The van der Waals surface area contributed by atoms with Crippen molar-refractivity contribution in [3.63, 3.8) is 0 Å². The maximum absolute atomic E-state index is 9.39. The average molecular weight is 201 g/mol. The summed E-state index contributed by atoms with van der Waals surface area (Å²) in [6.45, 7) is 4.89. The predicted molar refractivity (Wildman–Crippen MR) is 57.4 cm³/mol. The lowest BCUT2D eigenvalue weighted by atomic mass is 10.1. The van der Waals surface area contributed by atoms with E-state index in [0.717, 1.165) is 45.4 Å². The molecule has 3 nitrogen and oxygen atoms in total. The Morgan fingerprint density at radius 1 is 1.57 bits per heavy atom. The molecule has 1 saturated heterocycles. The first-order chi connectivity index (χ1) is 6.74. The predicted octanol–water partition coefficient (Wildman–Crippen LogP) is 1.26. The van der Waals surface area contributed by atoms with Crippen LogP contribution < -0.4 is 0 Å². The Hall–Kier alpha value is -0.120. The highest BCUT2D eigenvalue weighted by atomic mass is 16.5. The molecule has 0 aromatic heterocycles. The van der Waals surface area contributed by atoms with Crippen LogP contribution in [0.2, 0.25) is 0 Å². The lowest BCUT2D eigenvalue weighted by molar-refractivity contribution is 0.137. The molecule has 1 N–H and O–H groups in total. The molecule has 84 valence electrons. The molecule has 1 fully saturated rings. The van der Waals surface area contributed by atoms with Crippen LogP contribution in [-0.4, -0.2) is 49.0 Å². The van der Waals surface area contributed by atoms with E-state index in [1.54, 1.807) is 0 Å². The van der Waals surface area contributed by atoms with E-state index in [2.05, 4.69) is 11.9 Å². The van der Waals surface area contributed by atoms with Gasteiger partial charge < -0.3 is 14.7 Å². The van der Waals surface area contributed by atoms with Crippen molar-refractivity contribution in [1.29, 1.82) is 0 Å². The number of aliphatic hydroxyl groups excluding tert-OH is 1. The summed E-state index contributed by atoms with van der Waals surface area (Å²) in [6, 6.07) is 0.605. The summed E-state index contributed by atoms with van der Waals surface area (Å²) in [6.07, 6.45) is 3.93. The first-order valence-corrected chi connectivity index (χ1v) is 5.70. The summed E-state index contributed by atoms with van der Waals surface area (Å²) in [7, 11) is 2.15. The average Bonchev–Trinajstić information content (AvgIpc) is 2.70. The first-order valence-electron chi connectivity index (χ1n) is 5.70. The highest BCUT2D eigenvalue weighted by Crippen LogP contribution is 2.11. The van der Waals surface area contributed by atoms with E-state index < -0.39 is 0 Å². The third-order valence-corrected chi connectivity index (χ3v) is 3.05. The molecule has 3 heteroatoms. The lowest BCUT2D eigenvalue weighted by Gasteiger charge is -2.23. The van der Waals surface area contributed by atoms with Gasteiger partial charge in [0.25, 0.3) is 0 Å².